The summed E-state index contributed by atoms with van der Waals surface area (Å²) in [6, 6.07) is 18.5. The molecule has 1 amide bonds. The zero-order valence-electron chi connectivity index (χ0n) is 16.2. The number of aromatic hydroxyl groups is 1. The third-order valence-electron chi connectivity index (χ3n) is 5.17. The fourth-order valence-corrected chi connectivity index (χ4v) is 3.63. The Morgan fingerprint density at radius 1 is 1.07 bits per heavy atom. The number of nitrogens with zero attached hydrogens (tertiary/aromatic N) is 2. The van der Waals surface area contributed by atoms with Crippen LogP contribution in [0.15, 0.2) is 73.1 Å². The Labute approximate surface area is 170 Å². The normalized spacial score (nSPS) is 15.9. The first-order chi connectivity index (χ1) is 14.2. The molecule has 148 valence electrons. The number of pyridine rings is 1. The number of carbonyl (C=O) groups is 1. The van der Waals surface area contributed by atoms with Crippen LogP contribution in [0.1, 0.15) is 28.8 Å². The van der Waals surface area contributed by atoms with Gasteiger partial charge >= 0.3 is 0 Å². The van der Waals surface area contributed by atoms with Crippen LogP contribution in [0.4, 0.5) is 0 Å². The van der Waals surface area contributed by atoms with Crippen molar-refractivity contribution >= 4 is 5.91 Å². The van der Waals surface area contributed by atoms with Crippen molar-refractivity contribution in [3.8, 4) is 16.9 Å². The van der Waals surface area contributed by atoms with Gasteiger partial charge < -0.3 is 14.7 Å². The van der Waals surface area contributed by atoms with E-state index in [-0.39, 0.29) is 17.8 Å². The summed E-state index contributed by atoms with van der Waals surface area (Å²) in [4.78, 5) is 19.3. The molecule has 0 unspecified atom stereocenters. The average Bonchev–Trinajstić information content (AvgIpc) is 3.27. The molecular formula is C24H24N2O3. The summed E-state index contributed by atoms with van der Waals surface area (Å²) in [5.41, 5.74) is 3.58. The summed E-state index contributed by atoms with van der Waals surface area (Å²) >= 11 is 0. The van der Waals surface area contributed by atoms with Crippen molar-refractivity contribution in [1.82, 2.24) is 9.88 Å². The lowest BCUT2D eigenvalue weighted by molar-refractivity contribution is 0.0507. The molecule has 1 aliphatic heterocycles. The molecule has 0 spiro atoms. The number of hydrogen-bond acceptors (Lipinski definition) is 4. The van der Waals surface area contributed by atoms with Gasteiger partial charge in [0, 0.05) is 37.7 Å². The zero-order chi connectivity index (χ0) is 20.1. The van der Waals surface area contributed by atoms with Crippen LogP contribution in [0.3, 0.4) is 0 Å². The van der Waals surface area contributed by atoms with Crippen molar-refractivity contribution in [3.05, 3.63) is 84.2 Å². The van der Waals surface area contributed by atoms with Gasteiger partial charge in [-0.05, 0) is 65.9 Å². The smallest absolute Gasteiger partial charge is 0.254 e. The number of ether oxygens (including phenoxy) is 1. The Hall–Kier alpha value is -3.18. The van der Waals surface area contributed by atoms with Gasteiger partial charge in [-0.3, -0.25) is 9.78 Å². The summed E-state index contributed by atoms with van der Waals surface area (Å²) in [6.45, 7) is 1.85. The lowest BCUT2D eigenvalue weighted by atomic mass is 10.0. The summed E-state index contributed by atoms with van der Waals surface area (Å²) in [5.74, 6) is 0.207. The Balaban J connectivity index is 1.59. The number of benzene rings is 2. The maximum absolute atomic E-state index is 13.4. The number of carbonyl (C=O) groups excluding carboxylic acids is 1. The number of phenols is 1. The van der Waals surface area contributed by atoms with Gasteiger partial charge in [-0.1, -0.05) is 24.3 Å². The monoisotopic (exact) mass is 388 g/mol. The van der Waals surface area contributed by atoms with E-state index in [0.29, 0.717) is 18.7 Å². The largest absolute Gasteiger partial charge is 0.508 e. The third-order valence-corrected chi connectivity index (χ3v) is 5.17. The van der Waals surface area contributed by atoms with E-state index in [0.717, 1.165) is 36.1 Å². The van der Waals surface area contributed by atoms with E-state index in [2.05, 4.69) is 4.98 Å². The van der Waals surface area contributed by atoms with Gasteiger partial charge in [0.25, 0.3) is 5.91 Å². The van der Waals surface area contributed by atoms with E-state index >= 15 is 0 Å². The standard InChI is InChI=1S/C24H24N2O3/c27-22-8-6-19(7-9-22)20-3-1-4-21(15-20)24(28)26(17-23-5-2-14-29-23)16-18-10-12-25-13-11-18/h1,3-4,6-13,15,23,27H,2,5,14,16-17H2/t23-/m1/s1. The van der Waals surface area contributed by atoms with Crippen molar-refractivity contribution in [1.29, 1.82) is 0 Å². The van der Waals surface area contributed by atoms with E-state index in [1.807, 2.05) is 53.4 Å². The molecule has 0 saturated carbocycles. The minimum Gasteiger partial charge on any atom is -0.508 e. The molecule has 29 heavy (non-hydrogen) atoms. The molecule has 1 fully saturated rings. The highest BCUT2D eigenvalue weighted by Gasteiger charge is 2.24. The molecule has 0 bridgehead atoms. The summed E-state index contributed by atoms with van der Waals surface area (Å²) < 4.78 is 5.78. The molecule has 1 saturated heterocycles. The molecule has 0 radical (unpaired) electrons. The molecular weight excluding hydrogens is 364 g/mol. The lowest BCUT2D eigenvalue weighted by Crippen LogP contribution is -2.37. The van der Waals surface area contributed by atoms with Crippen LogP contribution in [0.25, 0.3) is 11.1 Å². The molecule has 1 N–H and O–H groups in total. The van der Waals surface area contributed by atoms with Crippen molar-refractivity contribution in [3.63, 3.8) is 0 Å². The molecule has 1 atom stereocenters. The van der Waals surface area contributed by atoms with Gasteiger partial charge in [0.1, 0.15) is 5.75 Å². The third kappa shape index (κ3) is 4.81. The molecule has 0 aliphatic carbocycles. The van der Waals surface area contributed by atoms with Gasteiger partial charge in [-0.2, -0.15) is 0 Å². The number of aromatic nitrogens is 1. The van der Waals surface area contributed by atoms with Gasteiger partial charge in [-0.15, -0.1) is 0 Å². The van der Waals surface area contributed by atoms with Gasteiger partial charge in [-0.25, -0.2) is 0 Å². The SMILES string of the molecule is O=C(c1cccc(-c2ccc(O)cc2)c1)N(Cc1ccncc1)C[C@H]1CCCO1. The molecule has 5 nitrogen and oxygen atoms in total. The maximum Gasteiger partial charge on any atom is 0.254 e. The fraction of sp³-hybridized carbons (Fsp3) is 0.250. The van der Waals surface area contributed by atoms with Gasteiger partial charge in [0.15, 0.2) is 0 Å². The number of hydrogen-bond donors (Lipinski definition) is 1. The van der Waals surface area contributed by atoms with Crippen molar-refractivity contribution < 1.29 is 14.6 Å². The molecule has 2 aromatic carbocycles. The Bertz CT molecular complexity index is 951. The first-order valence-corrected chi connectivity index (χ1v) is 9.88. The van der Waals surface area contributed by atoms with Crippen LogP contribution in [-0.4, -0.2) is 40.2 Å². The Morgan fingerprint density at radius 3 is 2.59 bits per heavy atom. The highest BCUT2D eigenvalue weighted by molar-refractivity contribution is 5.95. The maximum atomic E-state index is 13.4. The zero-order valence-corrected chi connectivity index (χ0v) is 16.2. The molecule has 5 heteroatoms. The predicted molar refractivity (Wildman–Crippen MR) is 111 cm³/mol. The van der Waals surface area contributed by atoms with Crippen LogP contribution in [0, 0.1) is 0 Å². The van der Waals surface area contributed by atoms with Crippen LogP contribution in [0.5, 0.6) is 5.75 Å². The molecule has 3 aromatic rings. The summed E-state index contributed by atoms with van der Waals surface area (Å²) in [7, 11) is 0. The van der Waals surface area contributed by atoms with E-state index < -0.39 is 0 Å². The Morgan fingerprint density at radius 2 is 1.86 bits per heavy atom. The quantitative estimate of drug-likeness (QED) is 0.685. The van der Waals surface area contributed by atoms with E-state index in [4.69, 9.17) is 4.74 Å². The first-order valence-electron chi connectivity index (χ1n) is 9.88. The van der Waals surface area contributed by atoms with E-state index in [1.54, 1.807) is 24.5 Å². The molecule has 2 heterocycles. The van der Waals surface area contributed by atoms with Crippen molar-refractivity contribution in [2.75, 3.05) is 13.2 Å². The minimum absolute atomic E-state index is 0.0158. The van der Waals surface area contributed by atoms with Gasteiger partial charge in [0.2, 0.25) is 0 Å². The summed E-state index contributed by atoms with van der Waals surface area (Å²) in [5, 5.41) is 9.52. The van der Waals surface area contributed by atoms with E-state index in [9.17, 15) is 9.90 Å². The summed E-state index contributed by atoms with van der Waals surface area (Å²) in [6.07, 6.45) is 5.60. The Kier molecular flexibility index (Phi) is 5.86. The first kappa shape index (κ1) is 19.2. The highest BCUT2D eigenvalue weighted by Crippen LogP contribution is 2.24. The van der Waals surface area contributed by atoms with Crippen molar-refractivity contribution in [2.45, 2.75) is 25.5 Å². The number of amides is 1. The fourth-order valence-electron chi connectivity index (χ4n) is 3.63. The topological polar surface area (TPSA) is 62.7 Å². The van der Waals surface area contributed by atoms with Crippen LogP contribution in [-0.2, 0) is 11.3 Å². The molecule has 4 rings (SSSR count). The molecule has 1 aliphatic rings. The molecule has 1 aromatic heterocycles. The number of phenolic OH excluding ortho intramolecular Hbond substituents is 1. The van der Waals surface area contributed by atoms with Crippen LogP contribution in [0.2, 0.25) is 0 Å². The second-order valence-corrected chi connectivity index (χ2v) is 7.30. The second kappa shape index (κ2) is 8.88. The number of rotatable bonds is 6. The second-order valence-electron chi connectivity index (χ2n) is 7.30. The van der Waals surface area contributed by atoms with Gasteiger partial charge in [0.05, 0.1) is 6.10 Å². The van der Waals surface area contributed by atoms with E-state index in [1.165, 1.54) is 0 Å². The highest BCUT2D eigenvalue weighted by atomic mass is 16.5. The lowest BCUT2D eigenvalue weighted by Gasteiger charge is -2.26. The van der Waals surface area contributed by atoms with Crippen LogP contribution < -0.4 is 0 Å². The van der Waals surface area contributed by atoms with Crippen molar-refractivity contribution in [2.24, 2.45) is 0 Å². The predicted octanol–water partition coefficient (Wildman–Crippen LogP) is 4.28. The minimum atomic E-state index is -0.0158. The average molecular weight is 388 g/mol. The van der Waals surface area contributed by atoms with Crippen LogP contribution >= 0.6 is 0 Å².